The molecule has 19 heavy (non-hydrogen) atoms. The molecule has 0 atom stereocenters. The second kappa shape index (κ2) is 3.61. The van der Waals surface area contributed by atoms with Crippen molar-refractivity contribution in [3.63, 3.8) is 0 Å². The predicted octanol–water partition coefficient (Wildman–Crippen LogP) is 1.62. The van der Waals surface area contributed by atoms with Gasteiger partial charge in [-0.25, -0.2) is 9.59 Å². The maximum Gasteiger partial charge on any atom is 0.347 e. The summed E-state index contributed by atoms with van der Waals surface area (Å²) in [5.74, 6) is -0.585. The highest BCUT2D eigenvalue weighted by Gasteiger charge is 2.15. The Labute approximate surface area is 105 Å². The van der Waals surface area contributed by atoms with Crippen LogP contribution in [0.4, 0.5) is 0 Å². The van der Waals surface area contributed by atoms with E-state index in [1.807, 2.05) is 0 Å². The first kappa shape index (κ1) is 11.3. The molecule has 96 valence electrons. The summed E-state index contributed by atoms with van der Waals surface area (Å²) < 4.78 is 9.97. The van der Waals surface area contributed by atoms with Crippen LogP contribution in [0, 0.1) is 6.92 Å². The highest BCUT2D eigenvalue weighted by atomic mass is 16.4. The normalized spacial score (nSPS) is 11.2. The number of hydrogen-bond donors (Lipinski definition) is 2. The van der Waals surface area contributed by atoms with Crippen LogP contribution in [0.2, 0.25) is 0 Å². The molecule has 0 unspecified atom stereocenters. The van der Waals surface area contributed by atoms with Gasteiger partial charge >= 0.3 is 11.3 Å². The molecule has 3 rings (SSSR count). The summed E-state index contributed by atoms with van der Waals surface area (Å²) in [6.45, 7) is 1.55. The zero-order chi connectivity index (χ0) is 13.7. The summed E-state index contributed by atoms with van der Waals surface area (Å²) in [6.07, 6.45) is 0. The van der Waals surface area contributed by atoms with Crippen LogP contribution >= 0.6 is 0 Å². The van der Waals surface area contributed by atoms with E-state index in [1.165, 1.54) is 6.07 Å². The molecule has 0 aliphatic rings. The van der Waals surface area contributed by atoms with Crippen molar-refractivity contribution in [1.29, 1.82) is 0 Å². The van der Waals surface area contributed by atoms with Gasteiger partial charge in [0.1, 0.15) is 16.7 Å². The van der Waals surface area contributed by atoms with Crippen molar-refractivity contribution in [2.75, 3.05) is 0 Å². The van der Waals surface area contributed by atoms with E-state index in [4.69, 9.17) is 8.83 Å². The van der Waals surface area contributed by atoms with Crippen LogP contribution in [-0.2, 0) is 0 Å². The summed E-state index contributed by atoms with van der Waals surface area (Å²) in [5, 5.41) is 19.1. The van der Waals surface area contributed by atoms with Gasteiger partial charge in [0.05, 0.1) is 5.39 Å². The first-order chi connectivity index (χ1) is 8.97. The molecular weight excluding hydrogens is 252 g/mol. The van der Waals surface area contributed by atoms with Gasteiger partial charge in [-0.1, -0.05) is 0 Å². The molecular formula is C13H8O6. The molecule has 0 fully saturated rings. The van der Waals surface area contributed by atoms with Crippen molar-refractivity contribution in [2.45, 2.75) is 6.92 Å². The number of hydrogen-bond acceptors (Lipinski definition) is 6. The molecule has 2 aromatic heterocycles. The number of benzene rings is 1. The Morgan fingerprint density at radius 3 is 2.21 bits per heavy atom. The number of fused-ring (bicyclic) bond motifs is 3. The molecule has 0 saturated carbocycles. The quantitative estimate of drug-likeness (QED) is 0.470. The third-order valence-corrected chi connectivity index (χ3v) is 2.85. The largest absolute Gasteiger partial charge is 0.504 e. The monoisotopic (exact) mass is 260 g/mol. The number of aromatic hydroxyl groups is 2. The summed E-state index contributed by atoms with van der Waals surface area (Å²) in [5.41, 5.74) is -1.30. The zero-order valence-electron chi connectivity index (χ0n) is 9.76. The zero-order valence-corrected chi connectivity index (χ0v) is 9.76. The van der Waals surface area contributed by atoms with Gasteiger partial charge in [-0.3, -0.25) is 0 Å². The Morgan fingerprint density at radius 2 is 1.53 bits per heavy atom. The lowest BCUT2D eigenvalue weighted by Crippen LogP contribution is -2.07. The number of aryl methyl sites for hydroxylation is 1. The van der Waals surface area contributed by atoms with Crippen LogP contribution in [0.5, 0.6) is 11.5 Å². The maximum absolute atomic E-state index is 11.8. The number of phenols is 2. The van der Waals surface area contributed by atoms with Crippen LogP contribution in [0.15, 0.2) is 36.6 Å². The molecule has 0 aliphatic heterocycles. The van der Waals surface area contributed by atoms with E-state index >= 15 is 0 Å². The third kappa shape index (κ3) is 1.57. The highest BCUT2D eigenvalue weighted by molar-refractivity contribution is 6.04. The van der Waals surface area contributed by atoms with E-state index in [0.29, 0.717) is 5.76 Å². The molecule has 2 heterocycles. The van der Waals surface area contributed by atoms with Gasteiger partial charge in [-0.2, -0.15) is 0 Å². The first-order valence-electron chi connectivity index (χ1n) is 5.40. The SMILES string of the molecule is Cc1cc2oc(=O)c3cc(O)c(O)cc3c2c(=O)o1. The van der Waals surface area contributed by atoms with E-state index in [9.17, 15) is 19.8 Å². The Bertz CT molecular complexity index is 932. The van der Waals surface area contributed by atoms with Crippen LogP contribution in [0.3, 0.4) is 0 Å². The van der Waals surface area contributed by atoms with Crippen molar-refractivity contribution in [1.82, 2.24) is 0 Å². The van der Waals surface area contributed by atoms with Gasteiger partial charge in [0.2, 0.25) is 0 Å². The molecule has 1 aromatic carbocycles. The van der Waals surface area contributed by atoms with Gasteiger partial charge in [0.25, 0.3) is 0 Å². The third-order valence-electron chi connectivity index (χ3n) is 2.85. The van der Waals surface area contributed by atoms with E-state index in [-0.39, 0.29) is 21.7 Å². The molecule has 0 aliphatic carbocycles. The van der Waals surface area contributed by atoms with E-state index in [2.05, 4.69) is 0 Å². The predicted molar refractivity (Wildman–Crippen MR) is 66.6 cm³/mol. The average Bonchev–Trinajstić information content (AvgIpc) is 2.31. The van der Waals surface area contributed by atoms with Gasteiger partial charge in [0.15, 0.2) is 11.5 Å². The molecule has 2 N–H and O–H groups in total. The Balaban J connectivity index is 2.70. The highest BCUT2D eigenvalue weighted by Crippen LogP contribution is 2.31. The Morgan fingerprint density at radius 1 is 0.895 bits per heavy atom. The molecule has 0 bridgehead atoms. The summed E-state index contributed by atoms with van der Waals surface area (Å²) in [7, 11) is 0. The van der Waals surface area contributed by atoms with Gasteiger partial charge in [-0.15, -0.1) is 0 Å². The minimum absolute atomic E-state index is 0.000969. The first-order valence-corrected chi connectivity index (χ1v) is 5.40. The molecule has 3 aromatic rings. The van der Waals surface area contributed by atoms with Gasteiger partial charge in [0, 0.05) is 11.5 Å². The van der Waals surface area contributed by atoms with Crippen molar-refractivity contribution < 1.29 is 19.0 Å². The lowest BCUT2D eigenvalue weighted by molar-refractivity contribution is 0.404. The Kier molecular flexibility index (Phi) is 2.16. The fraction of sp³-hybridized carbons (Fsp3) is 0.0769. The minimum atomic E-state index is -0.706. The van der Waals surface area contributed by atoms with Gasteiger partial charge < -0.3 is 19.0 Å². The lowest BCUT2D eigenvalue weighted by atomic mass is 10.1. The van der Waals surface area contributed by atoms with Crippen molar-refractivity contribution in [3.8, 4) is 11.5 Å². The van der Waals surface area contributed by atoms with Crippen molar-refractivity contribution in [3.05, 3.63) is 44.8 Å². The summed E-state index contributed by atoms with van der Waals surface area (Å²) in [6, 6.07) is 3.60. The molecule has 0 saturated heterocycles. The summed E-state index contributed by atoms with van der Waals surface area (Å²) >= 11 is 0. The second-order valence-electron chi connectivity index (χ2n) is 4.16. The maximum atomic E-state index is 11.8. The second-order valence-corrected chi connectivity index (χ2v) is 4.16. The molecule has 0 radical (unpaired) electrons. The fourth-order valence-electron chi connectivity index (χ4n) is 2.01. The van der Waals surface area contributed by atoms with Crippen LogP contribution in [0.25, 0.3) is 21.7 Å². The molecule has 6 heteroatoms. The number of phenolic OH excluding ortho intramolecular Hbond substituents is 2. The molecule has 0 amide bonds. The van der Waals surface area contributed by atoms with Crippen LogP contribution in [-0.4, -0.2) is 10.2 Å². The standard InChI is InChI=1S/C13H8O6/c1-5-2-10-11(13(17)18-5)6-3-8(14)9(15)4-7(6)12(16)19-10/h2-4,14-15H,1H3. The van der Waals surface area contributed by atoms with Crippen LogP contribution in [0.1, 0.15) is 5.76 Å². The van der Waals surface area contributed by atoms with Gasteiger partial charge in [-0.05, 0) is 19.1 Å². The average molecular weight is 260 g/mol. The number of rotatable bonds is 0. The minimum Gasteiger partial charge on any atom is -0.504 e. The fourth-order valence-corrected chi connectivity index (χ4v) is 2.01. The van der Waals surface area contributed by atoms with E-state index in [0.717, 1.165) is 12.1 Å². The summed E-state index contributed by atoms with van der Waals surface area (Å²) in [4.78, 5) is 23.6. The topological polar surface area (TPSA) is 101 Å². The molecule has 6 nitrogen and oxygen atoms in total. The Hall–Kier alpha value is -2.76. The smallest absolute Gasteiger partial charge is 0.347 e. The lowest BCUT2D eigenvalue weighted by Gasteiger charge is -2.04. The van der Waals surface area contributed by atoms with Crippen molar-refractivity contribution in [2.24, 2.45) is 0 Å². The van der Waals surface area contributed by atoms with E-state index < -0.39 is 22.8 Å². The van der Waals surface area contributed by atoms with Crippen molar-refractivity contribution >= 4 is 21.7 Å². The molecule has 0 spiro atoms. The van der Waals surface area contributed by atoms with E-state index in [1.54, 1.807) is 6.92 Å². The van der Waals surface area contributed by atoms with Crippen LogP contribution < -0.4 is 11.3 Å².